The molecule has 110 valence electrons. The third-order valence-electron chi connectivity index (χ3n) is 2.72. The number of hydrogen-bond acceptors (Lipinski definition) is 4. The number of carbonyl (C=O) groups is 1. The van der Waals surface area contributed by atoms with Gasteiger partial charge in [0.25, 0.3) is 5.91 Å². The molecular formula is C15H16FN3O2. The number of para-hydroxylation sites is 1. The van der Waals surface area contributed by atoms with Crippen LogP contribution in [0, 0.1) is 5.82 Å². The Hall–Kier alpha value is -2.47. The number of halogens is 1. The summed E-state index contributed by atoms with van der Waals surface area (Å²) >= 11 is 0. The quantitative estimate of drug-likeness (QED) is 0.849. The van der Waals surface area contributed by atoms with Gasteiger partial charge in [-0.3, -0.25) is 9.78 Å². The van der Waals surface area contributed by atoms with E-state index < -0.39 is 11.7 Å². The summed E-state index contributed by atoms with van der Waals surface area (Å²) in [5, 5.41) is 2.44. The number of nitrogens with one attached hydrogen (secondary N) is 1. The van der Waals surface area contributed by atoms with Crippen LogP contribution in [0.25, 0.3) is 0 Å². The highest BCUT2D eigenvalue weighted by Crippen LogP contribution is 2.13. The summed E-state index contributed by atoms with van der Waals surface area (Å²) in [5.41, 5.74) is 6.42. The molecule has 2 aromatic rings. The van der Waals surface area contributed by atoms with Gasteiger partial charge in [-0.05, 0) is 30.8 Å². The molecule has 0 aliphatic heterocycles. The fourth-order valence-corrected chi connectivity index (χ4v) is 1.69. The van der Waals surface area contributed by atoms with Gasteiger partial charge in [-0.1, -0.05) is 12.1 Å². The monoisotopic (exact) mass is 289 g/mol. The summed E-state index contributed by atoms with van der Waals surface area (Å²) in [4.78, 5) is 15.8. The number of benzene rings is 1. The van der Waals surface area contributed by atoms with Crippen molar-refractivity contribution >= 4 is 11.6 Å². The number of nitrogens with zero attached hydrogens (tertiary/aromatic N) is 1. The summed E-state index contributed by atoms with van der Waals surface area (Å²) < 4.78 is 18.6. The lowest BCUT2D eigenvalue weighted by Gasteiger charge is -2.08. The Kier molecular flexibility index (Phi) is 5.22. The van der Waals surface area contributed by atoms with Crippen LogP contribution in [0.5, 0.6) is 5.75 Å². The first-order valence-corrected chi connectivity index (χ1v) is 6.51. The molecule has 2 rings (SSSR count). The lowest BCUT2D eigenvalue weighted by atomic mass is 10.3. The number of rotatable bonds is 6. The van der Waals surface area contributed by atoms with Gasteiger partial charge in [0.15, 0.2) is 6.61 Å². The van der Waals surface area contributed by atoms with Gasteiger partial charge in [-0.15, -0.1) is 0 Å². The first-order chi connectivity index (χ1) is 10.2. The number of anilines is 1. The average Bonchev–Trinajstić information content (AvgIpc) is 2.49. The molecule has 1 amide bonds. The van der Waals surface area contributed by atoms with E-state index in [1.807, 2.05) is 0 Å². The van der Waals surface area contributed by atoms with Crippen molar-refractivity contribution in [2.24, 2.45) is 5.73 Å². The molecule has 0 saturated carbocycles. The van der Waals surface area contributed by atoms with Gasteiger partial charge in [0.05, 0.1) is 11.9 Å². The standard InChI is InChI=1S/C15H16FN3O2/c16-13-3-1-2-4-14(13)19-15(20)10-21-12-6-5-11(7-8-17)18-9-12/h1-6,9H,7-8,10,17H2,(H,19,20). The molecule has 1 heterocycles. The number of nitrogens with two attached hydrogens (primary N) is 1. The highest BCUT2D eigenvalue weighted by Gasteiger charge is 2.07. The van der Waals surface area contributed by atoms with E-state index in [1.54, 1.807) is 24.3 Å². The van der Waals surface area contributed by atoms with Crippen LogP contribution in [0.4, 0.5) is 10.1 Å². The second-order valence-electron chi connectivity index (χ2n) is 4.34. The minimum Gasteiger partial charge on any atom is -0.482 e. The third kappa shape index (κ3) is 4.54. The van der Waals surface area contributed by atoms with Crippen molar-refractivity contribution in [2.75, 3.05) is 18.5 Å². The zero-order valence-corrected chi connectivity index (χ0v) is 11.4. The Bertz CT molecular complexity index is 602. The molecule has 1 aromatic carbocycles. The van der Waals surface area contributed by atoms with Crippen molar-refractivity contribution in [3.63, 3.8) is 0 Å². The maximum atomic E-state index is 13.4. The van der Waals surface area contributed by atoms with E-state index in [1.165, 1.54) is 18.3 Å². The van der Waals surface area contributed by atoms with Gasteiger partial charge < -0.3 is 15.8 Å². The highest BCUT2D eigenvalue weighted by atomic mass is 19.1. The molecule has 1 aromatic heterocycles. The zero-order chi connectivity index (χ0) is 15.1. The molecule has 0 fully saturated rings. The van der Waals surface area contributed by atoms with Crippen molar-refractivity contribution < 1.29 is 13.9 Å². The molecule has 0 spiro atoms. The van der Waals surface area contributed by atoms with Crippen molar-refractivity contribution in [3.8, 4) is 5.75 Å². The molecule has 5 nitrogen and oxygen atoms in total. The molecule has 21 heavy (non-hydrogen) atoms. The van der Waals surface area contributed by atoms with Crippen molar-refractivity contribution in [1.82, 2.24) is 4.98 Å². The molecule has 0 aliphatic carbocycles. The molecule has 0 saturated heterocycles. The number of ether oxygens (including phenoxy) is 1. The minimum absolute atomic E-state index is 0.127. The van der Waals surface area contributed by atoms with Gasteiger partial charge in [0.1, 0.15) is 11.6 Å². The maximum Gasteiger partial charge on any atom is 0.262 e. The van der Waals surface area contributed by atoms with Gasteiger partial charge >= 0.3 is 0 Å². The fraction of sp³-hybridized carbons (Fsp3) is 0.200. The highest BCUT2D eigenvalue weighted by molar-refractivity contribution is 5.91. The summed E-state index contributed by atoms with van der Waals surface area (Å²) in [5.74, 6) is -0.454. The summed E-state index contributed by atoms with van der Waals surface area (Å²) in [7, 11) is 0. The largest absolute Gasteiger partial charge is 0.482 e. The predicted octanol–water partition coefficient (Wildman–Crippen LogP) is 1.74. The van der Waals surface area contributed by atoms with E-state index in [4.69, 9.17) is 10.5 Å². The maximum absolute atomic E-state index is 13.4. The number of amides is 1. The van der Waals surface area contributed by atoms with Crippen LogP contribution in [0.2, 0.25) is 0 Å². The lowest BCUT2D eigenvalue weighted by molar-refractivity contribution is -0.118. The van der Waals surface area contributed by atoms with E-state index >= 15 is 0 Å². The molecule has 0 bridgehead atoms. The van der Waals surface area contributed by atoms with Gasteiger partial charge in [-0.25, -0.2) is 4.39 Å². The van der Waals surface area contributed by atoms with Gasteiger partial charge in [0.2, 0.25) is 0 Å². The van der Waals surface area contributed by atoms with Gasteiger partial charge in [-0.2, -0.15) is 0 Å². The van der Waals surface area contributed by atoms with Crippen molar-refractivity contribution in [2.45, 2.75) is 6.42 Å². The lowest BCUT2D eigenvalue weighted by Crippen LogP contribution is -2.20. The van der Waals surface area contributed by atoms with Crippen LogP contribution in [-0.4, -0.2) is 24.0 Å². The molecule has 0 aliphatic rings. The van der Waals surface area contributed by atoms with E-state index in [0.717, 1.165) is 5.69 Å². The number of aromatic nitrogens is 1. The first kappa shape index (κ1) is 14.9. The Balaban J connectivity index is 1.85. The second-order valence-corrected chi connectivity index (χ2v) is 4.34. The van der Waals surface area contributed by atoms with Crippen LogP contribution in [0.3, 0.4) is 0 Å². The number of hydrogen-bond donors (Lipinski definition) is 2. The van der Waals surface area contributed by atoms with Crippen molar-refractivity contribution in [3.05, 3.63) is 54.1 Å². The molecule has 0 radical (unpaired) electrons. The zero-order valence-electron chi connectivity index (χ0n) is 11.4. The second kappa shape index (κ2) is 7.35. The average molecular weight is 289 g/mol. The number of pyridine rings is 1. The van der Waals surface area contributed by atoms with Gasteiger partial charge in [0, 0.05) is 12.1 Å². The topological polar surface area (TPSA) is 77.2 Å². The summed E-state index contributed by atoms with van der Waals surface area (Å²) in [6.07, 6.45) is 2.22. The molecular weight excluding hydrogens is 273 g/mol. The van der Waals surface area contributed by atoms with Crippen LogP contribution in [0.15, 0.2) is 42.6 Å². The molecule has 0 atom stereocenters. The van der Waals surface area contributed by atoms with E-state index in [0.29, 0.717) is 18.7 Å². The van der Waals surface area contributed by atoms with Crippen LogP contribution in [-0.2, 0) is 11.2 Å². The van der Waals surface area contributed by atoms with E-state index in [-0.39, 0.29) is 12.3 Å². The Labute approximate surface area is 121 Å². The first-order valence-electron chi connectivity index (χ1n) is 6.51. The van der Waals surface area contributed by atoms with Crippen LogP contribution >= 0.6 is 0 Å². The smallest absolute Gasteiger partial charge is 0.262 e. The summed E-state index contributed by atoms with van der Waals surface area (Å²) in [6, 6.07) is 9.45. The SMILES string of the molecule is NCCc1ccc(OCC(=O)Nc2ccccc2F)cn1. The Morgan fingerprint density at radius 1 is 1.29 bits per heavy atom. The van der Waals surface area contributed by atoms with E-state index in [2.05, 4.69) is 10.3 Å². The summed E-state index contributed by atoms with van der Waals surface area (Å²) in [6.45, 7) is 0.310. The Morgan fingerprint density at radius 2 is 2.10 bits per heavy atom. The normalized spacial score (nSPS) is 10.2. The predicted molar refractivity (Wildman–Crippen MR) is 77.5 cm³/mol. The fourth-order valence-electron chi connectivity index (χ4n) is 1.69. The molecule has 0 unspecified atom stereocenters. The van der Waals surface area contributed by atoms with Crippen molar-refractivity contribution in [1.29, 1.82) is 0 Å². The van der Waals surface area contributed by atoms with Crippen LogP contribution < -0.4 is 15.8 Å². The minimum atomic E-state index is -0.487. The van der Waals surface area contributed by atoms with Crippen LogP contribution in [0.1, 0.15) is 5.69 Å². The Morgan fingerprint density at radius 3 is 2.76 bits per heavy atom. The van der Waals surface area contributed by atoms with E-state index in [9.17, 15) is 9.18 Å². The number of carbonyl (C=O) groups excluding carboxylic acids is 1. The molecule has 6 heteroatoms. The third-order valence-corrected chi connectivity index (χ3v) is 2.72. The molecule has 3 N–H and O–H groups in total.